The van der Waals surface area contributed by atoms with Crippen molar-refractivity contribution >= 4 is 5.69 Å². The molecule has 0 atom stereocenters. The van der Waals surface area contributed by atoms with Crippen LogP contribution in [0.1, 0.15) is 25.7 Å². The predicted molar refractivity (Wildman–Crippen MR) is 80.5 cm³/mol. The zero-order valence-corrected chi connectivity index (χ0v) is 11.7. The first-order chi connectivity index (χ1) is 9.34. The molecule has 1 aliphatic heterocycles. The van der Waals surface area contributed by atoms with Gasteiger partial charge in [0.25, 0.3) is 0 Å². The van der Waals surface area contributed by atoms with Crippen molar-refractivity contribution in [1.29, 1.82) is 0 Å². The fourth-order valence-electron chi connectivity index (χ4n) is 3.76. The number of rotatable bonds is 3. The van der Waals surface area contributed by atoms with Crippen molar-refractivity contribution in [3.8, 4) is 0 Å². The number of para-hydroxylation sites is 1. The summed E-state index contributed by atoms with van der Waals surface area (Å²) in [5.41, 5.74) is 7.77. The molecule has 2 N–H and O–H groups in total. The lowest BCUT2D eigenvalue weighted by Crippen LogP contribution is -2.59. The third kappa shape index (κ3) is 2.49. The lowest BCUT2D eigenvalue weighted by Gasteiger charge is -2.46. The van der Waals surface area contributed by atoms with Gasteiger partial charge in [-0.2, -0.15) is 0 Å². The van der Waals surface area contributed by atoms with Gasteiger partial charge in [-0.25, -0.2) is 0 Å². The summed E-state index contributed by atoms with van der Waals surface area (Å²) in [6, 6.07) is 10.8. The Hall–Kier alpha value is -1.06. The molecule has 3 heteroatoms. The Balaban J connectivity index is 1.63. The van der Waals surface area contributed by atoms with Gasteiger partial charge in [0.15, 0.2) is 0 Å². The van der Waals surface area contributed by atoms with Gasteiger partial charge in [-0.1, -0.05) is 31.0 Å². The Labute approximate surface area is 116 Å². The van der Waals surface area contributed by atoms with Crippen LogP contribution < -0.4 is 10.6 Å². The topological polar surface area (TPSA) is 32.5 Å². The number of nitrogens with two attached hydrogens (primary N) is 1. The highest BCUT2D eigenvalue weighted by atomic mass is 15.3. The first kappa shape index (κ1) is 12.9. The lowest BCUT2D eigenvalue weighted by atomic mass is 9.94. The average Bonchev–Trinajstić information content (AvgIpc) is 2.98. The van der Waals surface area contributed by atoms with Gasteiger partial charge >= 0.3 is 0 Å². The van der Waals surface area contributed by atoms with Gasteiger partial charge in [0.05, 0.1) is 0 Å². The van der Waals surface area contributed by atoms with Gasteiger partial charge < -0.3 is 10.6 Å². The molecule has 0 aromatic heterocycles. The molecule has 0 unspecified atom stereocenters. The van der Waals surface area contributed by atoms with E-state index in [1.54, 1.807) is 0 Å². The van der Waals surface area contributed by atoms with Crippen molar-refractivity contribution in [3.05, 3.63) is 30.3 Å². The van der Waals surface area contributed by atoms with Crippen molar-refractivity contribution < 1.29 is 0 Å². The summed E-state index contributed by atoms with van der Waals surface area (Å²) in [7, 11) is 0. The molecule has 1 saturated heterocycles. The Kier molecular flexibility index (Phi) is 3.76. The average molecular weight is 259 g/mol. The van der Waals surface area contributed by atoms with E-state index >= 15 is 0 Å². The van der Waals surface area contributed by atoms with E-state index in [-0.39, 0.29) is 0 Å². The molecule has 3 nitrogen and oxygen atoms in total. The number of piperazine rings is 1. The van der Waals surface area contributed by atoms with E-state index < -0.39 is 0 Å². The number of anilines is 1. The monoisotopic (exact) mass is 259 g/mol. The molecule has 1 aromatic carbocycles. The summed E-state index contributed by atoms with van der Waals surface area (Å²) in [5.74, 6) is 0. The summed E-state index contributed by atoms with van der Waals surface area (Å²) in [6.07, 6.45) is 5.32. The van der Waals surface area contributed by atoms with Crippen molar-refractivity contribution in [2.45, 2.75) is 31.2 Å². The van der Waals surface area contributed by atoms with E-state index in [1.165, 1.54) is 31.4 Å². The molecule has 0 amide bonds. The van der Waals surface area contributed by atoms with Crippen LogP contribution in [0.3, 0.4) is 0 Å². The number of nitrogens with zero attached hydrogens (tertiary/aromatic N) is 2. The Morgan fingerprint density at radius 3 is 2.16 bits per heavy atom. The molecule has 104 valence electrons. The van der Waals surface area contributed by atoms with Crippen LogP contribution in [0, 0.1) is 0 Å². The van der Waals surface area contributed by atoms with Gasteiger partial charge in [0, 0.05) is 44.0 Å². The Morgan fingerprint density at radius 2 is 1.58 bits per heavy atom. The normalized spacial score (nSPS) is 23.7. The number of benzene rings is 1. The van der Waals surface area contributed by atoms with Crippen LogP contribution in [0.15, 0.2) is 30.3 Å². The minimum atomic E-state index is 0.322. The Morgan fingerprint density at radius 1 is 0.947 bits per heavy atom. The van der Waals surface area contributed by atoms with Crippen LogP contribution in [-0.4, -0.2) is 43.2 Å². The maximum Gasteiger partial charge on any atom is 0.0367 e. The molecule has 19 heavy (non-hydrogen) atoms. The minimum Gasteiger partial charge on any atom is -0.369 e. The van der Waals surface area contributed by atoms with Gasteiger partial charge in [0.1, 0.15) is 0 Å². The number of hydrogen-bond donors (Lipinski definition) is 1. The molecule has 3 rings (SSSR count). The molecular formula is C16H25N3. The maximum absolute atomic E-state index is 6.09. The van der Waals surface area contributed by atoms with Gasteiger partial charge in [-0.3, -0.25) is 4.90 Å². The largest absolute Gasteiger partial charge is 0.369 e. The first-order valence-corrected chi connectivity index (χ1v) is 7.59. The minimum absolute atomic E-state index is 0.322. The molecule has 1 aliphatic carbocycles. The van der Waals surface area contributed by atoms with E-state index in [9.17, 15) is 0 Å². The van der Waals surface area contributed by atoms with Crippen molar-refractivity contribution in [2.24, 2.45) is 5.73 Å². The third-order valence-corrected chi connectivity index (χ3v) is 4.99. The van der Waals surface area contributed by atoms with Gasteiger partial charge in [-0.15, -0.1) is 0 Å². The maximum atomic E-state index is 6.09. The lowest BCUT2D eigenvalue weighted by molar-refractivity contribution is 0.0921. The highest BCUT2D eigenvalue weighted by Gasteiger charge is 2.39. The quantitative estimate of drug-likeness (QED) is 0.902. The van der Waals surface area contributed by atoms with Crippen molar-refractivity contribution in [3.63, 3.8) is 0 Å². The smallest absolute Gasteiger partial charge is 0.0367 e. The summed E-state index contributed by atoms with van der Waals surface area (Å²) >= 11 is 0. The van der Waals surface area contributed by atoms with E-state index in [1.807, 2.05) is 0 Å². The van der Waals surface area contributed by atoms with E-state index in [4.69, 9.17) is 5.73 Å². The van der Waals surface area contributed by atoms with Gasteiger partial charge in [0.2, 0.25) is 0 Å². The molecule has 0 spiro atoms. The zero-order valence-electron chi connectivity index (χ0n) is 11.7. The molecular weight excluding hydrogens is 234 g/mol. The van der Waals surface area contributed by atoms with Crippen LogP contribution >= 0.6 is 0 Å². The third-order valence-electron chi connectivity index (χ3n) is 4.99. The summed E-state index contributed by atoms with van der Waals surface area (Å²) in [6.45, 7) is 5.41. The van der Waals surface area contributed by atoms with Crippen LogP contribution in [0.2, 0.25) is 0 Å². The summed E-state index contributed by atoms with van der Waals surface area (Å²) < 4.78 is 0. The zero-order chi connectivity index (χ0) is 13.1. The molecule has 1 heterocycles. The molecule has 0 radical (unpaired) electrons. The van der Waals surface area contributed by atoms with E-state index in [2.05, 4.69) is 40.1 Å². The molecule has 2 aliphatic rings. The van der Waals surface area contributed by atoms with E-state index in [0.29, 0.717) is 5.54 Å². The second-order valence-electron chi connectivity index (χ2n) is 5.95. The predicted octanol–water partition coefficient (Wildman–Crippen LogP) is 2.08. The van der Waals surface area contributed by atoms with Crippen LogP contribution in [0.4, 0.5) is 5.69 Å². The molecule has 2 fully saturated rings. The van der Waals surface area contributed by atoms with Crippen LogP contribution in [0.5, 0.6) is 0 Å². The van der Waals surface area contributed by atoms with Crippen molar-refractivity contribution in [2.75, 3.05) is 37.6 Å². The SMILES string of the molecule is NCC1(N2CCN(c3ccccc3)CC2)CCCC1. The summed E-state index contributed by atoms with van der Waals surface area (Å²) in [4.78, 5) is 5.16. The molecule has 1 saturated carbocycles. The van der Waals surface area contributed by atoms with Crippen LogP contribution in [-0.2, 0) is 0 Å². The highest BCUT2D eigenvalue weighted by Crippen LogP contribution is 2.35. The van der Waals surface area contributed by atoms with Gasteiger partial charge in [-0.05, 0) is 25.0 Å². The highest BCUT2D eigenvalue weighted by molar-refractivity contribution is 5.46. The molecule has 1 aromatic rings. The van der Waals surface area contributed by atoms with E-state index in [0.717, 1.165) is 32.7 Å². The second kappa shape index (κ2) is 5.51. The fourth-order valence-corrected chi connectivity index (χ4v) is 3.76. The summed E-state index contributed by atoms with van der Waals surface area (Å²) in [5, 5.41) is 0. The van der Waals surface area contributed by atoms with Crippen LogP contribution in [0.25, 0.3) is 0 Å². The molecule has 0 bridgehead atoms. The Bertz CT molecular complexity index is 390. The number of hydrogen-bond acceptors (Lipinski definition) is 3. The standard InChI is InChI=1S/C16H25N3/c17-14-16(8-4-5-9-16)19-12-10-18(11-13-19)15-6-2-1-3-7-15/h1-3,6-7H,4-5,8-14,17H2. The fraction of sp³-hybridized carbons (Fsp3) is 0.625. The van der Waals surface area contributed by atoms with Crippen molar-refractivity contribution in [1.82, 2.24) is 4.90 Å². The second-order valence-corrected chi connectivity index (χ2v) is 5.95. The first-order valence-electron chi connectivity index (χ1n) is 7.59.